The van der Waals surface area contributed by atoms with Crippen molar-refractivity contribution in [3.05, 3.63) is 64.7 Å². The van der Waals surface area contributed by atoms with E-state index in [9.17, 15) is 0 Å². The number of methoxy groups -OCH3 is 1. The lowest BCUT2D eigenvalue weighted by Crippen LogP contribution is -2.29. The van der Waals surface area contributed by atoms with Crippen LogP contribution >= 0.6 is 0 Å². The van der Waals surface area contributed by atoms with Gasteiger partial charge in [-0.15, -0.1) is 0 Å². The van der Waals surface area contributed by atoms with Crippen LogP contribution in [0.15, 0.2) is 42.5 Å². The lowest BCUT2D eigenvalue weighted by atomic mass is 10.0. The molecule has 0 bridgehead atoms. The van der Waals surface area contributed by atoms with Gasteiger partial charge in [0.2, 0.25) is 0 Å². The molecule has 2 aromatic rings. The standard InChI is InChI=1S/C18H22N2O/c1-13-9-14(7-8-18(13)21-2)17(10-19)20-11-15-5-3-4-6-16(15)12-20/h3-9,17H,10-12,19H2,1-2H3. The lowest BCUT2D eigenvalue weighted by molar-refractivity contribution is 0.205. The molecule has 3 rings (SSSR count). The highest BCUT2D eigenvalue weighted by molar-refractivity contribution is 5.38. The van der Waals surface area contributed by atoms with E-state index in [0.29, 0.717) is 6.54 Å². The van der Waals surface area contributed by atoms with Crippen LogP contribution in [0.4, 0.5) is 0 Å². The van der Waals surface area contributed by atoms with Crippen LogP contribution in [0.3, 0.4) is 0 Å². The number of nitrogens with zero attached hydrogens (tertiary/aromatic N) is 1. The molecule has 1 unspecified atom stereocenters. The third-order valence-electron chi connectivity index (χ3n) is 4.33. The van der Waals surface area contributed by atoms with Gasteiger partial charge in [-0.3, -0.25) is 4.90 Å². The summed E-state index contributed by atoms with van der Waals surface area (Å²) >= 11 is 0. The third kappa shape index (κ3) is 2.67. The second-order valence-electron chi connectivity index (χ2n) is 5.65. The van der Waals surface area contributed by atoms with E-state index in [0.717, 1.165) is 24.4 Å². The minimum Gasteiger partial charge on any atom is -0.496 e. The first-order valence-corrected chi connectivity index (χ1v) is 7.38. The van der Waals surface area contributed by atoms with Gasteiger partial charge in [-0.05, 0) is 35.2 Å². The van der Waals surface area contributed by atoms with Crippen molar-refractivity contribution in [2.24, 2.45) is 5.73 Å². The quantitative estimate of drug-likeness (QED) is 0.937. The minimum atomic E-state index is 0.252. The van der Waals surface area contributed by atoms with E-state index in [1.807, 2.05) is 6.07 Å². The Kier molecular flexibility index (Phi) is 3.95. The van der Waals surface area contributed by atoms with Gasteiger partial charge in [-0.2, -0.15) is 0 Å². The number of ether oxygens (including phenoxy) is 1. The summed E-state index contributed by atoms with van der Waals surface area (Å²) in [5.41, 5.74) is 11.3. The van der Waals surface area contributed by atoms with Crippen LogP contribution in [-0.2, 0) is 13.1 Å². The smallest absolute Gasteiger partial charge is 0.121 e. The Morgan fingerprint density at radius 2 is 1.81 bits per heavy atom. The van der Waals surface area contributed by atoms with Crippen LogP contribution in [0.2, 0.25) is 0 Å². The summed E-state index contributed by atoms with van der Waals surface area (Å²) in [5, 5.41) is 0. The number of fused-ring (bicyclic) bond motifs is 1. The van der Waals surface area contributed by atoms with E-state index in [2.05, 4.69) is 48.2 Å². The molecule has 1 heterocycles. The Morgan fingerprint density at radius 1 is 1.14 bits per heavy atom. The summed E-state index contributed by atoms with van der Waals surface area (Å²) in [5.74, 6) is 0.930. The molecule has 0 radical (unpaired) electrons. The summed E-state index contributed by atoms with van der Waals surface area (Å²) < 4.78 is 5.34. The normalized spacial score (nSPS) is 15.8. The van der Waals surface area contributed by atoms with Crippen molar-refractivity contribution in [3.63, 3.8) is 0 Å². The molecule has 0 aliphatic carbocycles. The fourth-order valence-corrected chi connectivity index (χ4v) is 3.18. The summed E-state index contributed by atoms with van der Waals surface area (Å²) in [6.45, 7) is 4.65. The second-order valence-corrected chi connectivity index (χ2v) is 5.65. The van der Waals surface area contributed by atoms with Gasteiger partial charge in [0.15, 0.2) is 0 Å². The van der Waals surface area contributed by atoms with Crippen molar-refractivity contribution >= 4 is 0 Å². The van der Waals surface area contributed by atoms with Crippen molar-refractivity contribution in [1.29, 1.82) is 0 Å². The molecule has 0 fully saturated rings. The van der Waals surface area contributed by atoms with E-state index in [4.69, 9.17) is 10.5 Å². The van der Waals surface area contributed by atoms with Crippen LogP contribution < -0.4 is 10.5 Å². The van der Waals surface area contributed by atoms with Crippen LogP contribution in [0.25, 0.3) is 0 Å². The molecule has 3 nitrogen and oxygen atoms in total. The molecule has 1 aliphatic rings. The van der Waals surface area contributed by atoms with Crippen molar-refractivity contribution in [3.8, 4) is 5.75 Å². The predicted molar refractivity (Wildman–Crippen MR) is 85.2 cm³/mol. The largest absolute Gasteiger partial charge is 0.496 e. The number of nitrogens with two attached hydrogens (primary N) is 1. The maximum absolute atomic E-state index is 6.07. The Labute approximate surface area is 126 Å². The molecule has 1 atom stereocenters. The van der Waals surface area contributed by atoms with E-state index in [1.165, 1.54) is 16.7 Å². The highest BCUT2D eigenvalue weighted by Gasteiger charge is 2.26. The fourth-order valence-electron chi connectivity index (χ4n) is 3.18. The summed E-state index contributed by atoms with van der Waals surface area (Å²) in [7, 11) is 1.71. The van der Waals surface area contributed by atoms with Crippen molar-refractivity contribution in [2.45, 2.75) is 26.1 Å². The Bertz CT molecular complexity index is 614. The topological polar surface area (TPSA) is 38.5 Å². The molecule has 0 spiro atoms. The molecule has 0 amide bonds. The molecule has 0 saturated heterocycles. The first kappa shape index (κ1) is 14.1. The van der Waals surface area contributed by atoms with Gasteiger partial charge < -0.3 is 10.5 Å². The Morgan fingerprint density at radius 3 is 2.33 bits per heavy atom. The summed E-state index contributed by atoms with van der Waals surface area (Å²) in [4.78, 5) is 2.45. The number of benzene rings is 2. The fraction of sp³-hybridized carbons (Fsp3) is 0.333. The second kappa shape index (κ2) is 5.88. The van der Waals surface area contributed by atoms with Crippen LogP contribution in [-0.4, -0.2) is 18.6 Å². The molecule has 21 heavy (non-hydrogen) atoms. The molecule has 2 N–H and O–H groups in total. The molecular weight excluding hydrogens is 260 g/mol. The number of hydrogen-bond donors (Lipinski definition) is 1. The van der Waals surface area contributed by atoms with Crippen molar-refractivity contribution < 1.29 is 4.74 Å². The molecule has 3 heteroatoms. The number of hydrogen-bond acceptors (Lipinski definition) is 3. The van der Waals surface area contributed by atoms with Gasteiger partial charge in [-0.25, -0.2) is 0 Å². The maximum atomic E-state index is 6.07. The molecular formula is C18H22N2O. The van der Waals surface area contributed by atoms with E-state index in [-0.39, 0.29) is 6.04 Å². The lowest BCUT2D eigenvalue weighted by Gasteiger charge is -2.27. The molecule has 110 valence electrons. The van der Waals surface area contributed by atoms with E-state index < -0.39 is 0 Å². The van der Waals surface area contributed by atoms with Gasteiger partial charge in [-0.1, -0.05) is 36.4 Å². The summed E-state index contributed by atoms with van der Waals surface area (Å²) in [6, 6.07) is 15.3. The number of rotatable bonds is 4. The molecule has 0 saturated carbocycles. The van der Waals surface area contributed by atoms with Crippen molar-refractivity contribution in [2.75, 3.05) is 13.7 Å². The average molecular weight is 282 g/mol. The first-order valence-electron chi connectivity index (χ1n) is 7.38. The van der Waals surface area contributed by atoms with Crippen molar-refractivity contribution in [1.82, 2.24) is 4.90 Å². The van der Waals surface area contributed by atoms with Crippen LogP contribution in [0, 0.1) is 6.92 Å². The van der Waals surface area contributed by atoms with E-state index in [1.54, 1.807) is 7.11 Å². The van der Waals surface area contributed by atoms with Gasteiger partial charge in [0.1, 0.15) is 5.75 Å². The zero-order chi connectivity index (χ0) is 14.8. The maximum Gasteiger partial charge on any atom is 0.121 e. The van der Waals surface area contributed by atoms with Gasteiger partial charge in [0, 0.05) is 25.7 Å². The van der Waals surface area contributed by atoms with Gasteiger partial charge in [0.05, 0.1) is 7.11 Å². The Hall–Kier alpha value is -1.84. The molecule has 2 aromatic carbocycles. The number of aryl methyl sites for hydroxylation is 1. The van der Waals surface area contributed by atoms with Crippen LogP contribution in [0.5, 0.6) is 5.75 Å². The van der Waals surface area contributed by atoms with Gasteiger partial charge in [0.25, 0.3) is 0 Å². The zero-order valence-corrected chi connectivity index (χ0v) is 12.7. The van der Waals surface area contributed by atoms with Gasteiger partial charge >= 0.3 is 0 Å². The monoisotopic (exact) mass is 282 g/mol. The Balaban J connectivity index is 1.85. The SMILES string of the molecule is COc1ccc(C(CN)N2Cc3ccccc3C2)cc1C. The molecule has 0 aromatic heterocycles. The van der Waals surface area contributed by atoms with Crippen LogP contribution in [0.1, 0.15) is 28.3 Å². The predicted octanol–water partition coefficient (Wildman–Crippen LogP) is 3.02. The highest BCUT2D eigenvalue weighted by Crippen LogP contribution is 2.32. The minimum absolute atomic E-state index is 0.252. The average Bonchev–Trinajstić information content (AvgIpc) is 2.91. The highest BCUT2D eigenvalue weighted by atomic mass is 16.5. The van der Waals surface area contributed by atoms with E-state index >= 15 is 0 Å². The zero-order valence-electron chi connectivity index (χ0n) is 12.7. The first-order chi connectivity index (χ1) is 10.2. The summed E-state index contributed by atoms with van der Waals surface area (Å²) in [6.07, 6.45) is 0. The molecule has 1 aliphatic heterocycles. The third-order valence-corrected chi connectivity index (χ3v) is 4.33.